The van der Waals surface area contributed by atoms with Gasteiger partial charge in [-0.25, -0.2) is 0 Å². The van der Waals surface area contributed by atoms with Gasteiger partial charge in [0.2, 0.25) is 0 Å². The summed E-state index contributed by atoms with van der Waals surface area (Å²) in [6, 6.07) is 27.8. The van der Waals surface area contributed by atoms with Crippen LogP contribution < -0.4 is 9.47 Å². The van der Waals surface area contributed by atoms with Crippen LogP contribution >= 0.6 is 0 Å². The van der Waals surface area contributed by atoms with Crippen LogP contribution in [-0.2, 0) is 0 Å². The lowest BCUT2D eigenvalue weighted by atomic mass is 9.97. The fraction of sp³-hybridized carbons (Fsp3) is 0.200. The van der Waals surface area contributed by atoms with E-state index >= 15 is 0 Å². The lowest BCUT2D eigenvalue weighted by Gasteiger charge is -2.28. The van der Waals surface area contributed by atoms with Crippen molar-refractivity contribution in [1.82, 2.24) is 5.01 Å². The van der Waals surface area contributed by atoms with Gasteiger partial charge < -0.3 is 9.47 Å². The van der Waals surface area contributed by atoms with Crippen molar-refractivity contribution in [2.75, 3.05) is 14.2 Å². The molecule has 0 bridgehead atoms. The summed E-state index contributed by atoms with van der Waals surface area (Å²) in [4.78, 5) is 0. The number of nitrogens with zero attached hydrogens (tertiary/aromatic N) is 3. The topological polar surface area (TPSA) is 57.8 Å². The molecule has 0 aliphatic carbocycles. The quantitative estimate of drug-likeness (QED) is 0.579. The molecule has 2 unspecified atom stereocenters. The number of nitriles is 1. The van der Waals surface area contributed by atoms with Crippen molar-refractivity contribution in [3.63, 3.8) is 0 Å². The van der Waals surface area contributed by atoms with E-state index in [4.69, 9.17) is 14.6 Å². The number of hydrazone groups is 1. The van der Waals surface area contributed by atoms with E-state index in [2.05, 4.69) is 30.3 Å². The van der Waals surface area contributed by atoms with Crippen molar-refractivity contribution in [2.24, 2.45) is 5.10 Å². The van der Waals surface area contributed by atoms with Gasteiger partial charge in [-0.1, -0.05) is 66.7 Å². The van der Waals surface area contributed by atoms with E-state index in [1.54, 1.807) is 14.2 Å². The number of ether oxygens (including phenoxy) is 2. The lowest BCUT2D eigenvalue weighted by molar-refractivity contribution is 0.196. The van der Waals surface area contributed by atoms with Crippen LogP contribution in [0.1, 0.15) is 35.2 Å². The number of benzene rings is 3. The average molecular weight is 397 g/mol. The Kier molecular flexibility index (Phi) is 5.67. The molecule has 1 aliphatic heterocycles. The highest BCUT2D eigenvalue weighted by Gasteiger charge is 2.34. The van der Waals surface area contributed by atoms with Crippen LogP contribution in [0.25, 0.3) is 0 Å². The predicted octanol–water partition coefficient (Wildman–Crippen LogP) is 5.12. The Labute approximate surface area is 176 Å². The van der Waals surface area contributed by atoms with Crippen LogP contribution in [0, 0.1) is 11.3 Å². The molecule has 4 rings (SSSR count). The summed E-state index contributed by atoms with van der Waals surface area (Å²) in [6.07, 6.45) is 0.736. The summed E-state index contributed by atoms with van der Waals surface area (Å²) in [5.41, 5.74) is 4.00. The highest BCUT2D eigenvalue weighted by molar-refractivity contribution is 6.01. The minimum absolute atomic E-state index is 0.0286. The Hall–Kier alpha value is -3.78. The van der Waals surface area contributed by atoms with Gasteiger partial charge in [0.25, 0.3) is 0 Å². The van der Waals surface area contributed by atoms with Gasteiger partial charge in [0.15, 0.2) is 17.5 Å². The minimum Gasteiger partial charge on any atom is -0.493 e. The van der Waals surface area contributed by atoms with E-state index in [0.717, 1.165) is 28.8 Å². The van der Waals surface area contributed by atoms with Crippen LogP contribution in [0.4, 0.5) is 0 Å². The molecule has 1 heterocycles. The molecular formula is C25H23N3O2. The molecule has 5 heteroatoms. The van der Waals surface area contributed by atoms with Gasteiger partial charge in [0.1, 0.15) is 0 Å². The van der Waals surface area contributed by atoms with Crippen LogP contribution in [0.2, 0.25) is 0 Å². The number of hydrogen-bond acceptors (Lipinski definition) is 5. The normalized spacial score (nSPS) is 16.5. The fourth-order valence-electron chi connectivity index (χ4n) is 3.83. The highest BCUT2D eigenvalue weighted by Crippen LogP contribution is 2.40. The maximum absolute atomic E-state index is 10.1. The van der Waals surface area contributed by atoms with Crippen molar-refractivity contribution in [3.8, 4) is 17.6 Å². The first-order chi connectivity index (χ1) is 14.7. The van der Waals surface area contributed by atoms with E-state index in [0.29, 0.717) is 11.5 Å². The van der Waals surface area contributed by atoms with Gasteiger partial charge in [-0.15, -0.1) is 0 Å². The molecular weight excluding hydrogens is 374 g/mol. The Bertz CT molecular complexity index is 1070. The van der Waals surface area contributed by atoms with Crippen LogP contribution in [0.3, 0.4) is 0 Å². The van der Waals surface area contributed by atoms with Crippen molar-refractivity contribution in [3.05, 3.63) is 95.6 Å². The number of rotatable bonds is 6. The van der Waals surface area contributed by atoms with E-state index in [1.165, 1.54) is 0 Å². The molecule has 2 atom stereocenters. The minimum atomic E-state index is -0.559. The maximum atomic E-state index is 10.1. The van der Waals surface area contributed by atoms with Gasteiger partial charge in [-0.3, -0.25) is 5.01 Å². The largest absolute Gasteiger partial charge is 0.493 e. The summed E-state index contributed by atoms with van der Waals surface area (Å²) in [6.45, 7) is 0. The number of hydrogen-bond donors (Lipinski definition) is 0. The predicted molar refractivity (Wildman–Crippen MR) is 117 cm³/mol. The highest BCUT2D eigenvalue weighted by atomic mass is 16.5. The Morgan fingerprint density at radius 3 is 2.23 bits per heavy atom. The second-order valence-electron chi connectivity index (χ2n) is 7.07. The lowest BCUT2D eigenvalue weighted by Crippen LogP contribution is -2.24. The van der Waals surface area contributed by atoms with E-state index in [-0.39, 0.29) is 6.04 Å². The second kappa shape index (κ2) is 8.71. The van der Waals surface area contributed by atoms with E-state index in [1.807, 2.05) is 59.6 Å². The standard InChI is InChI=1S/C25H23N3O2/c1-29-24-14-13-20(15-25(24)30-2)23(17-26)28-22(19-11-7-4-8-12-19)16-21(27-28)18-9-5-3-6-10-18/h3-15,22-23H,16H2,1-2H3. The molecule has 0 N–H and O–H groups in total. The van der Waals surface area contributed by atoms with Crippen LogP contribution in [0.5, 0.6) is 11.5 Å². The van der Waals surface area contributed by atoms with Crippen molar-refractivity contribution >= 4 is 5.71 Å². The Morgan fingerprint density at radius 2 is 1.60 bits per heavy atom. The first kappa shape index (κ1) is 19.5. The van der Waals surface area contributed by atoms with E-state index in [9.17, 15) is 5.26 Å². The third kappa shape index (κ3) is 3.72. The first-order valence-corrected chi connectivity index (χ1v) is 9.83. The first-order valence-electron chi connectivity index (χ1n) is 9.83. The summed E-state index contributed by atoms with van der Waals surface area (Å²) < 4.78 is 10.8. The smallest absolute Gasteiger partial charge is 0.161 e. The van der Waals surface area contributed by atoms with Gasteiger partial charge in [0.05, 0.1) is 32.0 Å². The van der Waals surface area contributed by atoms with Crippen molar-refractivity contribution in [2.45, 2.75) is 18.5 Å². The molecule has 1 aliphatic rings. The molecule has 0 amide bonds. The summed E-state index contributed by atoms with van der Waals surface area (Å²) in [5, 5.41) is 17.0. The monoisotopic (exact) mass is 397 g/mol. The number of methoxy groups -OCH3 is 2. The van der Waals surface area contributed by atoms with Gasteiger partial charge in [-0.05, 0) is 28.8 Å². The van der Waals surface area contributed by atoms with Crippen molar-refractivity contribution in [1.29, 1.82) is 5.26 Å². The molecule has 3 aromatic rings. The molecule has 0 saturated carbocycles. The molecule has 30 heavy (non-hydrogen) atoms. The third-order valence-electron chi connectivity index (χ3n) is 5.34. The zero-order valence-corrected chi connectivity index (χ0v) is 17.0. The molecule has 0 spiro atoms. The summed E-state index contributed by atoms with van der Waals surface area (Å²) in [7, 11) is 3.19. The van der Waals surface area contributed by atoms with Crippen molar-refractivity contribution < 1.29 is 9.47 Å². The molecule has 3 aromatic carbocycles. The third-order valence-corrected chi connectivity index (χ3v) is 5.34. The zero-order chi connectivity index (χ0) is 20.9. The second-order valence-corrected chi connectivity index (χ2v) is 7.07. The fourth-order valence-corrected chi connectivity index (χ4v) is 3.83. The maximum Gasteiger partial charge on any atom is 0.161 e. The molecule has 0 aromatic heterocycles. The van der Waals surface area contributed by atoms with Crippen LogP contribution in [-0.4, -0.2) is 24.9 Å². The molecule has 5 nitrogen and oxygen atoms in total. The van der Waals surface area contributed by atoms with Gasteiger partial charge in [-0.2, -0.15) is 10.4 Å². The summed E-state index contributed by atoms with van der Waals surface area (Å²) >= 11 is 0. The van der Waals surface area contributed by atoms with E-state index < -0.39 is 6.04 Å². The SMILES string of the molecule is COc1ccc(C(C#N)N2N=C(c3ccccc3)CC2c2ccccc2)cc1OC. The Morgan fingerprint density at radius 1 is 0.933 bits per heavy atom. The molecule has 0 fully saturated rings. The van der Waals surface area contributed by atoms with Gasteiger partial charge >= 0.3 is 0 Å². The zero-order valence-electron chi connectivity index (χ0n) is 17.0. The molecule has 0 radical (unpaired) electrons. The molecule has 150 valence electrons. The molecule has 0 saturated heterocycles. The van der Waals surface area contributed by atoms with Crippen LogP contribution in [0.15, 0.2) is 84.0 Å². The summed E-state index contributed by atoms with van der Waals surface area (Å²) in [5.74, 6) is 1.23. The average Bonchev–Trinajstić information content (AvgIpc) is 3.25. The Balaban J connectivity index is 1.77. The van der Waals surface area contributed by atoms with Gasteiger partial charge in [0, 0.05) is 6.42 Å².